The highest BCUT2D eigenvalue weighted by atomic mass is 16.5. The third kappa shape index (κ3) is 2.90. The topological polar surface area (TPSA) is 108 Å². The summed E-state index contributed by atoms with van der Waals surface area (Å²) >= 11 is 0. The van der Waals surface area contributed by atoms with Gasteiger partial charge in [0.1, 0.15) is 12.1 Å². The summed E-state index contributed by atoms with van der Waals surface area (Å²) in [7, 11) is 1.39. The van der Waals surface area contributed by atoms with Crippen molar-refractivity contribution in [2.24, 2.45) is 0 Å². The number of hydrogen-bond acceptors (Lipinski definition) is 6. The molecule has 0 fully saturated rings. The molecule has 7 nitrogen and oxygen atoms in total. The van der Waals surface area contributed by atoms with Gasteiger partial charge in [-0.3, -0.25) is 0 Å². The van der Waals surface area contributed by atoms with E-state index in [0.29, 0.717) is 0 Å². The van der Waals surface area contributed by atoms with Crippen LogP contribution in [-0.2, 0) is 9.53 Å². The second-order valence-electron chi connectivity index (χ2n) is 2.90. The molecule has 1 rings (SSSR count). The average molecular weight is 222 g/mol. The fraction of sp³-hybridized carbons (Fsp3) is 0.333. The minimum Gasteiger partial charge on any atom is -0.480 e. The van der Waals surface area contributed by atoms with Crippen LogP contribution in [0.4, 0.5) is 5.82 Å². The van der Waals surface area contributed by atoms with E-state index in [1.807, 2.05) is 6.07 Å². The Balaban J connectivity index is 2.85. The van der Waals surface area contributed by atoms with E-state index < -0.39 is 12.0 Å². The summed E-state index contributed by atoms with van der Waals surface area (Å²) in [4.78, 5) is 10.8. The molecule has 1 aromatic heterocycles. The smallest absolute Gasteiger partial charge is 0.328 e. The van der Waals surface area contributed by atoms with Gasteiger partial charge in [0, 0.05) is 7.11 Å². The maximum absolute atomic E-state index is 10.8. The Labute approximate surface area is 91.7 Å². The molecular weight excluding hydrogens is 212 g/mol. The Morgan fingerprint density at radius 2 is 2.56 bits per heavy atom. The van der Waals surface area contributed by atoms with Gasteiger partial charge in [-0.25, -0.2) is 4.79 Å². The maximum Gasteiger partial charge on any atom is 0.328 e. The van der Waals surface area contributed by atoms with Gasteiger partial charge in [0.25, 0.3) is 0 Å². The number of methoxy groups -OCH3 is 1. The van der Waals surface area contributed by atoms with Crippen molar-refractivity contribution in [1.29, 1.82) is 5.26 Å². The number of carbonyl (C=O) groups is 1. The lowest BCUT2D eigenvalue weighted by atomic mass is 10.2. The number of ether oxygens (including phenoxy) is 1. The van der Waals surface area contributed by atoms with Gasteiger partial charge in [-0.2, -0.15) is 10.4 Å². The maximum atomic E-state index is 10.8. The zero-order valence-electron chi connectivity index (χ0n) is 8.54. The number of anilines is 1. The van der Waals surface area contributed by atoms with Crippen LogP contribution in [0.15, 0.2) is 12.3 Å². The molecule has 2 N–H and O–H groups in total. The molecule has 0 aliphatic heterocycles. The van der Waals surface area contributed by atoms with E-state index in [4.69, 9.17) is 15.1 Å². The Hall–Kier alpha value is -2.20. The number of aliphatic carboxylic acids is 1. The molecule has 1 atom stereocenters. The molecule has 0 aliphatic carbocycles. The first-order chi connectivity index (χ1) is 7.69. The summed E-state index contributed by atoms with van der Waals surface area (Å²) in [5.74, 6) is -0.953. The van der Waals surface area contributed by atoms with Gasteiger partial charge in [0.15, 0.2) is 5.82 Å². The van der Waals surface area contributed by atoms with Crippen molar-refractivity contribution in [3.05, 3.63) is 17.8 Å². The number of hydrogen-bond donors (Lipinski definition) is 2. The highest BCUT2D eigenvalue weighted by Crippen LogP contribution is 2.09. The SMILES string of the molecule is COCC(Nc1nnccc1C#N)C(=O)O. The predicted molar refractivity (Wildman–Crippen MR) is 53.7 cm³/mol. The molecule has 0 saturated carbocycles. The van der Waals surface area contributed by atoms with Crippen molar-refractivity contribution in [3.8, 4) is 6.07 Å². The molecular formula is C9H10N4O3. The van der Waals surface area contributed by atoms with Crippen molar-refractivity contribution >= 4 is 11.8 Å². The first-order valence-corrected chi connectivity index (χ1v) is 4.39. The number of rotatable bonds is 5. The van der Waals surface area contributed by atoms with Crippen LogP contribution in [0, 0.1) is 11.3 Å². The predicted octanol–water partition coefficient (Wildman–Crippen LogP) is -0.140. The van der Waals surface area contributed by atoms with Crippen LogP contribution in [-0.4, -0.2) is 41.0 Å². The summed E-state index contributed by atoms with van der Waals surface area (Å²) in [5.41, 5.74) is 0.234. The average Bonchev–Trinajstić information content (AvgIpc) is 2.29. The summed E-state index contributed by atoms with van der Waals surface area (Å²) in [6, 6.07) is 2.36. The molecule has 1 heterocycles. The van der Waals surface area contributed by atoms with Gasteiger partial charge >= 0.3 is 5.97 Å². The van der Waals surface area contributed by atoms with Crippen molar-refractivity contribution < 1.29 is 14.6 Å². The van der Waals surface area contributed by atoms with Crippen LogP contribution in [0.5, 0.6) is 0 Å². The lowest BCUT2D eigenvalue weighted by Gasteiger charge is -2.13. The molecule has 16 heavy (non-hydrogen) atoms. The van der Waals surface area contributed by atoms with E-state index in [-0.39, 0.29) is 18.0 Å². The van der Waals surface area contributed by atoms with Crippen molar-refractivity contribution in [2.75, 3.05) is 19.0 Å². The Bertz CT molecular complexity index is 415. The molecule has 0 spiro atoms. The number of carboxylic acids is 1. The quantitative estimate of drug-likeness (QED) is 0.713. The standard InChI is InChI=1S/C9H10N4O3/c1-16-5-7(9(14)15)12-8-6(4-10)2-3-11-13-8/h2-3,7H,5H2,1H3,(H,12,13)(H,14,15). The van der Waals surface area contributed by atoms with E-state index in [1.165, 1.54) is 19.4 Å². The number of nitrogens with zero attached hydrogens (tertiary/aromatic N) is 3. The minimum atomic E-state index is -1.09. The van der Waals surface area contributed by atoms with Gasteiger partial charge in [0.2, 0.25) is 0 Å². The molecule has 7 heteroatoms. The second kappa shape index (κ2) is 5.63. The Kier molecular flexibility index (Phi) is 4.17. The van der Waals surface area contributed by atoms with E-state index in [2.05, 4.69) is 15.5 Å². The summed E-state index contributed by atoms with van der Waals surface area (Å²) < 4.78 is 4.74. The molecule has 0 saturated heterocycles. The van der Waals surface area contributed by atoms with Crippen LogP contribution in [0.2, 0.25) is 0 Å². The summed E-state index contributed by atoms with van der Waals surface area (Å²) in [6.45, 7) is -0.0310. The minimum absolute atomic E-state index is 0.0310. The van der Waals surface area contributed by atoms with Crippen LogP contribution in [0.25, 0.3) is 0 Å². The van der Waals surface area contributed by atoms with E-state index in [0.717, 1.165) is 0 Å². The fourth-order valence-electron chi connectivity index (χ4n) is 1.03. The molecule has 1 aromatic rings. The van der Waals surface area contributed by atoms with Gasteiger partial charge < -0.3 is 15.2 Å². The highest BCUT2D eigenvalue weighted by molar-refractivity contribution is 5.77. The molecule has 0 aromatic carbocycles. The molecule has 0 radical (unpaired) electrons. The zero-order chi connectivity index (χ0) is 12.0. The van der Waals surface area contributed by atoms with Crippen LogP contribution in [0.1, 0.15) is 5.56 Å². The molecule has 0 amide bonds. The number of aromatic nitrogens is 2. The number of nitrogens with one attached hydrogen (secondary N) is 1. The van der Waals surface area contributed by atoms with Gasteiger partial charge in [0.05, 0.1) is 18.4 Å². The number of nitriles is 1. The lowest BCUT2D eigenvalue weighted by Crippen LogP contribution is -2.34. The van der Waals surface area contributed by atoms with E-state index >= 15 is 0 Å². The second-order valence-corrected chi connectivity index (χ2v) is 2.90. The Morgan fingerprint density at radius 1 is 1.81 bits per heavy atom. The lowest BCUT2D eigenvalue weighted by molar-refractivity contribution is -0.139. The Morgan fingerprint density at radius 3 is 3.12 bits per heavy atom. The molecule has 0 aliphatic rings. The zero-order valence-corrected chi connectivity index (χ0v) is 8.54. The summed E-state index contributed by atoms with van der Waals surface area (Å²) in [5, 5.41) is 27.4. The van der Waals surface area contributed by atoms with Crippen molar-refractivity contribution in [3.63, 3.8) is 0 Å². The van der Waals surface area contributed by atoms with E-state index in [9.17, 15) is 4.79 Å². The fourth-order valence-corrected chi connectivity index (χ4v) is 1.03. The van der Waals surface area contributed by atoms with E-state index in [1.54, 1.807) is 0 Å². The van der Waals surface area contributed by atoms with Crippen molar-refractivity contribution in [1.82, 2.24) is 10.2 Å². The third-order valence-corrected chi connectivity index (χ3v) is 1.78. The molecule has 1 unspecified atom stereocenters. The summed E-state index contributed by atoms with van der Waals surface area (Å²) in [6.07, 6.45) is 1.36. The third-order valence-electron chi connectivity index (χ3n) is 1.78. The first kappa shape index (κ1) is 11.9. The van der Waals surface area contributed by atoms with Gasteiger partial charge in [-0.1, -0.05) is 0 Å². The molecule has 0 bridgehead atoms. The first-order valence-electron chi connectivity index (χ1n) is 4.39. The highest BCUT2D eigenvalue weighted by Gasteiger charge is 2.18. The number of carboxylic acid groups (broad SMARTS) is 1. The van der Waals surface area contributed by atoms with Crippen LogP contribution in [0.3, 0.4) is 0 Å². The normalized spacial score (nSPS) is 11.5. The van der Waals surface area contributed by atoms with Crippen molar-refractivity contribution in [2.45, 2.75) is 6.04 Å². The molecule has 84 valence electrons. The van der Waals surface area contributed by atoms with Crippen LogP contribution >= 0.6 is 0 Å². The largest absolute Gasteiger partial charge is 0.480 e. The van der Waals surface area contributed by atoms with Crippen LogP contribution < -0.4 is 5.32 Å². The monoisotopic (exact) mass is 222 g/mol. The van der Waals surface area contributed by atoms with Gasteiger partial charge in [-0.15, -0.1) is 5.10 Å². The van der Waals surface area contributed by atoms with Gasteiger partial charge in [-0.05, 0) is 6.07 Å².